The number of hydrogen-bond donors (Lipinski definition) is 3. The zero-order chi connectivity index (χ0) is 23.4. The van der Waals surface area contributed by atoms with E-state index in [1.807, 2.05) is 69.2 Å². The van der Waals surface area contributed by atoms with Gasteiger partial charge < -0.3 is 20.7 Å². The molecule has 3 heterocycles. The van der Waals surface area contributed by atoms with E-state index in [0.717, 1.165) is 16.5 Å². The summed E-state index contributed by atoms with van der Waals surface area (Å²) in [5.41, 5.74) is 11.3. The number of nitrogens with two attached hydrogens (primary N) is 1. The number of carbonyl (C=O) groups excluding carboxylic acids is 1. The number of phenols is 1. The highest BCUT2D eigenvalue weighted by Gasteiger charge is 2.28. The van der Waals surface area contributed by atoms with Crippen molar-refractivity contribution in [3.05, 3.63) is 71.0 Å². The highest BCUT2D eigenvalue weighted by molar-refractivity contribution is 6.19. The number of rotatable bonds is 4. The van der Waals surface area contributed by atoms with Crippen LogP contribution in [0.4, 0.5) is 11.6 Å². The van der Waals surface area contributed by atoms with Crippen LogP contribution in [0.3, 0.4) is 0 Å². The van der Waals surface area contributed by atoms with Gasteiger partial charge in [0.25, 0.3) is 0 Å². The van der Waals surface area contributed by atoms with E-state index in [1.54, 1.807) is 16.8 Å². The molecule has 0 spiro atoms. The lowest BCUT2D eigenvalue weighted by atomic mass is 10.1. The second-order valence-corrected chi connectivity index (χ2v) is 8.37. The number of aromatic amines is 1. The average molecular weight is 441 g/mol. The molecule has 0 saturated carbocycles. The van der Waals surface area contributed by atoms with E-state index in [2.05, 4.69) is 9.97 Å². The number of aromatic hydroxyl groups is 1. The van der Waals surface area contributed by atoms with Crippen LogP contribution in [0.5, 0.6) is 5.75 Å². The minimum absolute atomic E-state index is 0.137. The number of benzene rings is 2. The van der Waals surface area contributed by atoms with E-state index in [1.165, 1.54) is 0 Å². The molecule has 0 radical (unpaired) electrons. The minimum Gasteiger partial charge on any atom is -0.508 e. The van der Waals surface area contributed by atoms with E-state index in [-0.39, 0.29) is 22.9 Å². The lowest BCUT2D eigenvalue weighted by Crippen LogP contribution is -2.11. The van der Waals surface area contributed by atoms with Crippen LogP contribution in [0.1, 0.15) is 27.2 Å². The summed E-state index contributed by atoms with van der Waals surface area (Å²) in [5, 5.41) is 11.3. The molecule has 2 aromatic carbocycles. The smallest absolute Gasteiger partial charge is 0.215 e. The second-order valence-electron chi connectivity index (χ2n) is 8.37. The predicted octanol–water partition coefficient (Wildman–Crippen LogP) is 4.10. The first-order valence-electron chi connectivity index (χ1n) is 10.5. The molecule has 8 heteroatoms. The first kappa shape index (κ1) is 20.6. The van der Waals surface area contributed by atoms with Gasteiger partial charge >= 0.3 is 0 Å². The van der Waals surface area contributed by atoms with Gasteiger partial charge in [0.15, 0.2) is 5.65 Å². The van der Waals surface area contributed by atoms with Crippen LogP contribution in [-0.2, 0) is 0 Å². The van der Waals surface area contributed by atoms with Gasteiger partial charge in [-0.05, 0) is 37.6 Å². The Morgan fingerprint density at radius 1 is 1.15 bits per heavy atom. The van der Waals surface area contributed by atoms with Crippen molar-refractivity contribution in [2.45, 2.75) is 13.8 Å². The Bertz CT molecular complexity index is 1530. The number of nitrogens with one attached hydrogen (secondary N) is 1. The topological polar surface area (TPSA) is 113 Å². The number of phenolic OH excluding ortho intramolecular Hbond substituents is 1. The molecule has 0 aliphatic heterocycles. The molecule has 0 saturated heterocycles. The third kappa shape index (κ3) is 3.10. The third-order valence-corrected chi connectivity index (χ3v) is 5.97. The predicted molar refractivity (Wildman–Crippen MR) is 130 cm³/mol. The normalized spacial score (nSPS) is 11.4. The number of aromatic nitrogens is 4. The summed E-state index contributed by atoms with van der Waals surface area (Å²) in [6, 6.07) is 13.0. The summed E-state index contributed by atoms with van der Waals surface area (Å²) in [4.78, 5) is 28.1. The van der Waals surface area contributed by atoms with Crippen LogP contribution in [0, 0.1) is 13.8 Å². The number of para-hydroxylation sites is 1. The number of carbonyl (C=O) groups is 1. The maximum atomic E-state index is 13.8. The zero-order valence-electron chi connectivity index (χ0n) is 18.8. The van der Waals surface area contributed by atoms with Crippen LogP contribution < -0.4 is 10.6 Å². The quantitative estimate of drug-likeness (QED) is 0.363. The number of anilines is 2. The molecule has 166 valence electrons. The number of ketones is 1. The van der Waals surface area contributed by atoms with Gasteiger partial charge in [-0.2, -0.15) is 0 Å². The van der Waals surface area contributed by atoms with E-state index < -0.39 is 0 Å². The highest BCUT2D eigenvalue weighted by atomic mass is 16.3. The molecule has 0 atom stereocenters. The maximum absolute atomic E-state index is 13.8. The van der Waals surface area contributed by atoms with Crippen molar-refractivity contribution in [2.75, 3.05) is 24.7 Å². The maximum Gasteiger partial charge on any atom is 0.215 e. The van der Waals surface area contributed by atoms with Crippen LogP contribution in [0.15, 0.2) is 48.7 Å². The van der Waals surface area contributed by atoms with E-state index in [9.17, 15) is 9.90 Å². The molecule has 0 fully saturated rings. The summed E-state index contributed by atoms with van der Waals surface area (Å²) < 4.78 is 1.71. The van der Waals surface area contributed by atoms with Gasteiger partial charge in [-0.15, -0.1) is 0 Å². The monoisotopic (exact) mass is 440 g/mol. The Hall–Kier alpha value is -4.33. The van der Waals surface area contributed by atoms with Crippen molar-refractivity contribution in [3.8, 4) is 11.4 Å². The Morgan fingerprint density at radius 2 is 1.91 bits per heavy atom. The molecule has 5 rings (SSSR count). The zero-order valence-corrected chi connectivity index (χ0v) is 18.8. The van der Waals surface area contributed by atoms with Crippen molar-refractivity contribution in [1.82, 2.24) is 19.5 Å². The van der Waals surface area contributed by atoms with Crippen molar-refractivity contribution in [2.24, 2.45) is 0 Å². The standard InChI is InChI=1S/C25H24N6O2/c1-13-9-10-18(32)14(2)22(13)31-24(26)20(21-25(31)27-12-19(29-21)30(3)4)23(33)17-11-15-7-5-6-8-16(15)28-17/h5-12,28,32H,26H2,1-4H3. The molecule has 0 bridgehead atoms. The molecular formula is C25H24N6O2. The van der Waals surface area contributed by atoms with Crippen LogP contribution in [0.25, 0.3) is 27.8 Å². The number of aryl methyl sites for hydroxylation is 1. The summed E-state index contributed by atoms with van der Waals surface area (Å²) in [6.07, 6.45) is 1.64. The first-order chi connectivity index (χ1) is 15.8. The molecule has 33 heavy (non-hydrogen) atoms. The fraction of sp³-hybridized carbons (Fsp3) is 0.160. The number of nitrogen functional groups attached to an aromatic ring is 1. The molecule has 0 amide bonds. The minimum atomic E-state index is -0.270. The average Bonchev–Trinajstić information content (AvgIpc) is 3.35. The number of nitrogens with zero attached hydrogens (tertiary/aromatic N) is 4. The fourth-order valence-corrected chi connectivity index (χ4v) is 4.22. The van der Waals surface area contributed by atoms with E-state index in [0.29, 0.717) is 33.9 Å². The Labute approximate surface area is 190 Å². The summed E-state index contributed by atoms with van der Waals surface area (Å²) in [7, 11) is 3.72. The van der Waals surface area contributed by atoms with Crippen LogP contribution >= 0.6 is 0 Å². The first-order valence-corrected chi connectivity index (χ1v) is 10.5. The lowest BCUT2D eigenvalue weighted by Gasteiger charge is -2.15. The van der Waals surface area contributed by atoms with Gasteiger partial charge in [0.05, 0.1) is 23.1 Å². The van der Waals surface area contributed by atoms with Crippen molar-refractivity contribution in [3.63, 3.8) is 0 Å². The lowest BCUT2D eigenvalue weighted by molar-refractivity contribution is 0.103. The van der Waals surface area contributed by atoms with Gasteiger partial charge in [0, 0.05) is 30.6 Å². The SMILES string of the molecule is Cc1ccc(O)c(C)c1-n1c(N)c(C(=O)c2cc3ccccc3[nH]2)c2nc(N(C)C)cnc21. The highest BCUT2D eigenvalue weighted by Crippen LogP contribution is 2.36. The molecule has 8 nitrogen and oxygen atoms in total. The third-order valence-electron chi connectivity index (χ3n) is 5.97. The Balaban J connectivity index is 1.83. The van der Waals surface area contributed by atoms with Gasteiger partial charge in [0.1, 0.15) is 22.9 Å². The van der Waals surface area contributed by atoms with Crippen molar-refractivity contribution < 1.29 is 9.90 Å². The molecule has 0 aliphatic carbocycles. The van der Waals surface area contributed by atoms with Crippen LogP contribution in [-0.4, -0.2) is 44.5 Å². The molecular weight excluding hydrogens is 416 g/mol. The van der Waals surface area contributed by atoms with Gasteiger partial charge in [-0.3, -0.25) is 9.36 Å². The molecule has 5 aromatic rings. The summed E-state index contributed by atoms with van der Waals surface area (Å²) >= 11 is 0. The fourth-order valence-electron chi connectivity index (χ4n) is 4.22. The number of hydrogen-bond acceptors (Lipinski definition) is 6. The molecule has 0 unspecified atom stereocenters. The second kappa shape index (κ2) is 7.37. The van der Waals surface area contributed by atoms with Crippen molar-refractivity contribution >= 4 is 39.5 Å². The molecule has 0 aliphatic rings. The number of H-pyrrole nitrogens is 1. The van der Waals surface area contributed by atoms with E-state index in [4.69, 9.17) is 10.7 Å². The molecule has 3 aromatic heterocycles. The summed E-state index contributed by atoms with van der Waals surface area (Å²) in [6.45, 7) is 3.73. The van der Waals surface area contributed by atoms with Crippen molar-refractivity contribution in [1.29, 1.82) is 0 Å². The Morgan fingerprint density at radius 3 is 2.64 bits per heavy atom. The van der Waals surface area contributed by atoms with Gasteiger partial charge in [-0.25, -0.2) is 9.97 Å². The van der Waals surface area contributed by atoms with Gasteiger partial charge in [-0.1, -0.05) is 24.3 Å². The van der Waals surface area contributed by atoms with Gasteiger partial charge in [0.2, 0.25) is 5.78 Å². The van der Waals surface area contributed by atoms with Crippen LogP contribution in [0.2, 0.25) is 0 Å². The van der Waals surface area contributed by atoms with E-state index >= 15 is 0 Å². The Kier molecular flexibility index (Phi) is 4.59. The molecule has 4 N–H and O–H groups in total. The largest absolute Gasteiger partial charge is 0.508 e. The number of fused-ring (bicyclic) bond motifs is 2. The summed E-state index contributed by atoms with van der Waals surface area (Å²) in [5.74, 6) is 0.697.